The van der Waals surface area contributed by atoms with Crippen LogP contribution in [0.15, 0.2) is 0 Å². The van der Waals surface area contributed by atoms with Crippen molar-refractivity contribution in [2.75, 3.05) is 0 Å². The monoisotopic (exact) mass is 521 g/mol. The number of halogens is 2. The Bertz CT molecular complexity index is 429. The second-order valence-electron chi connectivity index (χ2n) is 6.31. The fourth-order valence-corrected chi connectivity index (χ4v) is 2.81. The van der Waals surface area contributed by atoms with E-state index in [9.17, 15) is 0 Å². The molecule has 0 N–H and O–H groups in total. The molecule has 0 heterocycles. The topological polar surface area (TPSA) is 0 Å². The number of hydrogen-bond donors (Lipinski definition) is 0. The molecule has 0 atom stereocenters. The van der Waals surface area contributed by atoms with Gasteiger partial charge in [0.05, 0.1) is 0 Å². The molecule has 0 saturated carbocycles. The molecule has 0 amide bonds. The van der Waals surface area contributed by atoms with Crippen LogP contribution < -0.4 is 0 Å². The fourth-order valence-electron chi connectivity index (χ4n) is 2.81. The van der Waals surface area contributed by atoms with Gasteiger partial charge in [0.1, 0.15) is 0 Å². The molecule has 0 unspecified atom stereocenters. The Kier molecular flexibility index (Phi) is 10.1. The molecule has 0 radical (unpaired) electrons. The molecule has 0 aliphatic carbocycles. The van der Waals surface area contributed by atoms with Crippen molar-refractivity contribution < 1.29 is 17.6 Å². The van der Waals surface area contributed by atoms with Gasteiger partial charge >= 0.3 is 36.0 Å². The Morgan fingerprint density at radius 1 is 0.565 bits per heavy atom. The zero-order valence-corrected chi connectivity index (χ0v) is 20.9. The minimum absolute atomic E-state index is 0.889. The third kappa shape index (κ3) is 5.51. The van der Waals surface area contributed by atoms with Gasteiger partial charge in [0.2, 0.25) is 0 Å². The van der Waals surface area contributed by atoms with E-state index in [4.69, 9.17) is 18.4 Å². The molecule has 0 bridgehead atoms. The van der Waals surface area contributed by atoms with E-state index >= 15 is 0 Å². The van der Waals surface area contributed by atoms with Crippen LogP contribution in [0, 0.1) is 69.2 Å². The Morgan fingerprint density at radius 3 is 0.826 bits per heavy atom. The van der Waals surface area contributed by atoms with E-state index in [2.05, 4.69) is 69.2 Å². The van der Waals surface area contributed by atoms with Crippen molar-refractivity contribution in [3.8, 4) is 0 Å². The van der Waals surface area contributed by atoms with Gasteiger partial charge in [0, 0.05) is 0 Å². The Balaban J connectivity index is 0.000000360. The van der Waals surface area contributed by atoms with Gasteiger partial charge in [0.15, 0.2) is 0 Å². The first-order chi connectivity index (χ1) is 10.5. The van der Waals surface area contributed by atoms with Crippen molar-refractivity contribution in [2.24, 2.45) is 0 Å². The summed E-state index contributed by atoms with van der Waals surface area (Å²) >= 11 is -0.889. The molecule has 2 aromatic rings. The molecule has 2 rings (SSSR count). The molecule has 0 aliphatic rings. The van der Waals surface area contributed by atoms with Gasteiger partial charge in [-0.05, 0) is 0 Å². The maximum absolute atomic E-state index is 4.94. The second kappa shape index (κ2) is 10.1. The van der Waals surface area contributed by atoms with E-state index < -0.39 is 17.6 Å². The van der Waals surface area contributed by atoms with Crippen molar-refractivity contribution in [2.45, 2.75) is 69.2 Å². The first-order valence-electron chi connectivity index (χ1n) is 7.84. The SMILES string of the molecule is C[c-]1[c-](C)[c-](C)[c-](C)[c-]1C.Cc1c(C)c(C)[c-](C)c1C.[Cl][Ta][Cl]. The molecule has 0 saturated heterocycles. The molecular formula is C20H30Cl2Ta-6. The third-order valence-electron chi connectivity index (χ3n) is 5.62. The van der Waals surface area contributed by atoms with Crippen LogP contribution in [0.1, 0.15) is 55.6 Å². The Morgan fingerprint density at radius 2 is 0.739 bits per heavy atom. The van der Waals surface area contributed by atoms with E-state index in [0.29, 0.717) is 0 Å². The van der Waals surface area contributed by atoms with Gasteiger partial charge in [-0.25, -0.2) is 34.6 Å². The van der Waals surface area contributed by atoms with Crippen molar-refractivity contribution in [1.82, 2.24) is 0 Å². The van der Waals surface area contributed by atoms with Gasteiger partial charge in [-0.2, -0.15) is 27.8 Å². The first kappa shape index (κ1) is 23.0. The third-order valence-corrected chi connectivity index (χ3v) is 5.62. The quantitative estimate of drug-likeness (QED) is 0.320. The summed E-state index contributed by atoms with van der Waals surface area (Å²) in [5.74, 6) is 0. The number of rotatable bonds is 0. The minimum atomic E-state index is -0.889. The van der Waals surface area contributed by atoms with Crippen LogP contribution in [-0.4, -0.2) is 0 Å². The average Bonchev–Trinajstić information content (AvgIpc) is 2.80. The van der Waals surface area contributed by atoms with Crippen LogP contribution >= 0.6 is 18.4 Å². The van der Waals surface area contributed by atoms with Crippen LogP contribution in [0.5, 0.6) is 0 Å². The van der Waals surface area contributed by atoms with Crippen LogP contribution in [0.25, 0.3) is 0 Å². The second-order valence-corrected chi connectivity index (χ2v) is 11.0. The van der Waals surface area contributed by atoms with E-state index in [-0.39, 0.29) is 0 Å². The zero-order valence-electron chi connectivity index (χ0n) is 16.2. The van der Waals surface area contributed by atoms with Crippen molar-refractivity contribution in [3.05, 3.63) is 55.6 Å². The Hall–Kier alpha value is 0.0203. The molecular weight excluding hydrogens is 492 g/mol. The molecule has 23 heavy (non-hydrogen) atoms. The van der Waals surface area contributed by atoms with Crippen molar-refractivity contribution in [3.63, 3.8) is 0 Å². The van der Waals surface area contributed by atoms with Gasteiger partial charge in [-0.3, -0.25) is 0 Å². The maximum atomic E-state index is 4.94. The molecule has 0 aromatic heterocycles. The van der Waals surface area contributed by atoms with Crippen LogP contribution in [-0.2, 0) is 17.6 Å². The summed E-state index contributed by atoms with van der Waals surface area (Å²) in [6.45, 7) is 22.0. The molecule has 2 aromatic carbocycles. The number of hydrogen-bond acceptors (Lipinski definition) is 0. The van der Waals surface area contributed by atoms with Crippen molar-refractivity contribution in [1.29, 1.82) is 0 Å². The van der Waals surface area contributed by atoms with Gasteiger partial charge < -0.3 is 27.8 Å². The summed E-state index contributed by atoms with van der Waals surface area (Å²) in [6.07, 6.45) is 0. The molecule has 0 nitrogen and oxygen atoms in total. The van der Waals surface area contributed by atoms with E-state index in [1.807, 2.05) is 0 Å². The molecule has 0 aliphatic heterocycles. The molecule has 0 fully saturated rings. The van der Waals surface area contributed by atoms with E-state index in [1.165, 1.54) is 55.6 Å². The average molecular weight is 522 g/mol. The zero-order chi connectivity index (χ0) is 18.5. The summed E-state index contributed by atoms with van der Waals surface area (Å²) in [5.41, 5.74) is 14.7. The summed E-state index contributed by atoms with van der Waals surface area (Å²) in [5, 5.41) is 0. The van der Waals surface area contributed by atoms with Gasteiger partial charge in [-0.15, -0.1) is 0 Å². The van der Waals surface area contributed by atoms with Gasteiger partial charge in [0.25, 0.3) is 0 Å². The van der Waals surface area contributed by atoms with Crippen molar-refractivity contribution >= 4 is 18.4 Å². The normalized spacial score (nSPS) is 9.74. The van der Waals surface area contributed by atoms with Crippen LogP contribution in [0.3, 0.4) is 0 Å². The summed E-state index contributed by atoms with van der Waals surface area (Å²) in [7, 11) is 9.89. The summed E-state index contributed by atoms with van der Waals surface area (Å²) in [6, 6.07) is 0. The predicted molar refractivity (Wildman–Crippen MR) is 103 cm³/mol. The van der Waals surface area contributed by atoms with Gasteiger partial charge in [-0.1, -0.05) is 34.6 Å². The first-order valence-corrected chi connectivity index (χ1v) is 15.8. The molecule has 3 heteroatoms. The van der Waals surface area contributed by atoms with E-state index in [0.717, 1.165) is 0 Å². The van der Waals surface area contributed by atoms with Crippen LogP contribution in [0.2, 0.25) is 0 Å². The Labute approximate surface area is 160 Å². The summed E-state index contributed by atoms with van der Waals surface area (Å²) < 4.78 is 0. The fraction of sp³-hybridized carbons (Fsp3) is 0.500. The predicted octanol–water partition coefficient (Wildman–Crippen LogP) is 7.27. The summed E-state index contributed by atoms with van der Waals surface area (Å²) in [4.78, 5) is 0. The molecule has 0 spiro atoms. The van der Waals surface area contributed by atoms with Crippen LogP contribution in [0.4, 0.5) is 0 Å². The standard InChI is InChI=1S/2C10H15.2ClH.Ta/c2*1-6-7(2)9(4)10(5)8(6)3;;;/h2*1-5H3;2*1H;/q-5;-1;;;+2/p-2. The van der Waals surface area contributed by atoms with E-state index in [1.54, 1.807) is 0 Å². The molecule has 135 valence electrons.